The molecule has 1 N–H and O–H groups in total. The highest BCUT2D eigenvalue weighted by Crippen LogP contribution is 2.13. The zero-order valence-electron chi connectivity index (χ0n) is 14.8. The average Bonchev–Trinajstić information content (AvgIpc) is 3.17. The Bertz CT molecular complexity index is 569. The Hall–Kier alpha value is -1.90. The number of nitrogens with one attached hydrogen (secondary N) is 1. The van der Waals surface area contributed by atoms with Gasteiger partial charge in [-0.05, 0) is 17.4 Å². The van der Waals surface area contributed by atoms with E-state index in [4.69, 9.17) is 18.8 Å². The third-order valence-electron chi connectivity index (χ3n) is 4.22. The number of hydrogen-bond donors (Lipinski definition) is 1. The van der Waals surface area contributed by atoms with Crippen molar-refractivity contribution in [2.24, 2.45) is 5.92 Å². The maximum Gasteiger partial charge on any atom is 0.493 e. The minimum Gasteiger partial charge on any atom is -0.467 e. The summed E-state index contributed by atoms with van der Waals surface area (Å²) in [5.41, 5.74) is 1.77. The molecule has 1 saturated heterocycles. The highest BCUT2D eigenvalue weighted by Gasteiger charge is 2.29. The highest BCUT2D eigenvalue weighted by atomic mass is 16.6. The molecule has 0 unspecified atom stereocenters. The first-order valence-electron chi connectivity index (χ1n) is 8.19. The Labute approximate surface area is 148 Å². The SMILES string of the molecule is COB(OC)c1ccc(C[C@H](NC(=O)[C@H]2CCOC2)C(=O)OC)cc1. The number of ether oxygens (including phenoxy) is 2. The normalized spacial score (nSPS) is 17.8. The Morgan fingerprint density at radius 1 is 1.24 bits per heavy atom. The van der Waals surface area contributed by atoms with Crippen LogP contribution in [0.15, 0.2) is 24.3 Å². The molecule has 1 amide bonds. The number of esters is 1. The zero-order chi connectivity index (χ0) is 18.2. The minimum atomic E-state index is -0.732. The van der Waals surface area contributed by atoms with Crippen molar-refractivity contribution in [2.75, 3.05) is 34.5 Å². The minimum absolute atomic E-state index is 0.177. The molecule has 8 heteroatoms. The fourth-order valence-electron chi connectivity index (χ4n) is 2.78. The van der Waals surface area contributed by atoms with Crippen molar-refractivity contribution in [3.63, 3.8) is 0 Å². The Morgan fingerprint density at radius 2 is 1.92 bits per heavy atom. The van der Waals surface area contributed by atoms with Gasteiger partial charge in [0.15, 0.2) is 0 Å². The van der Waals surface area contributed by atoms with Gasteiger partial charge in [0.25, 0.3) is 0 Å². The van der Waals surface area contributed by atoms with Gasteiger partial charge in [0.1, 0.15) is 6.04 Å². The predicted molar refractivity (Wildman–Crippen MR) is 92.4 cm³/mol. The first-order valence-corrected chi connectivity index (χ1v) is 8.19. The molecule has 1 aromatic rings. The molecule has 1 heterocycles. The number of carbonyl (C=O) groups excluding carboxylic acids is 2. The maximum atomic E-state index is 12.3. The molecule has 1 aliphatic rings. The van der Waals surface area contributed by atoms with E-state index in [0.29, 0.717) is 26.1 Å². The van der Waals surface area contributed by atoms with E-state index in [1.165, 1.54) is 7.11 Å². The van der Waals surface area contributed by atoms with Gasteiger partial charge in [0, 0.05) is 27.2 Å². The molecule has 25 heavy (non-hydrogen) atoms. The van der Waals surface area contributed by atoms with Crippen molar-refractivity contribution in [2.45, 2.75) is 18.9 Å². The summed E-state index contributed by atoms with van der Waals surface area (Å²) < 4.78 is 20.5. The second kappa shape index (κ2) is 9.55. The molecule has 0 aromatic heterocycles. The molecule has 0 aliphatic carbocycles. The van der Waals surface area contributed by atoms with Gasteiger partial charge in [-0.3, -0.25) is 4.79 Å². The quantitative estimate of drug-likeness (QED) is 0.522. The van der Waals surface area contributed by atoms with Gasteiger partial charge in [-0.2, -0.15) is 0 Å². The number of hydrogen-bond acceptors (Lipinski definition) is 6. The molecular weight excluding hydrogens is 325 g/mol. The number of rotatable bonds is 8. The smallest absolute Gasteiger partial charge is 0.467 e. The van der Waals surface area contributed by atoms with Crippen molar-refractivity contribution in [3.05, 3.63) is 29.8 Å². The third kappa shape index (κ3) is 5.29. The van der Waals surface area contributed by atoms with Crippen molar-refractivity contribution >= 4 is 24.5 Å². The Morgan fingerprint density at radius 3 is 2.44 bits per heavy atom. The standard InChI is InChI=1S/C17H24BNO6/c1-22-17(21)15(19-16(20)13-8-9-25-11-13)10-12-4-6-14(7-5-12)18(23-2)24-3/h4-7,13,15H,8-11H2,1-3H3,(H,19,20)/t13-,15-/m0/s1. The van der Waals surface area contributed by atoms with Crippen molar-refractivity contribution in [1.82, 2.24) is 5.32 Å². The Balaban J connectivity index is 2.03. The molecule has 2 rings (SSSR count). The number of methoxy groups -OCH3 is 1. The number of amides is 1. The monoisotopic (exact) mass is 349 g/mol. The molecule has 0 saturated carbocycles. The number of benzene rings is 1. The van der Waals surface area contributed by atoms with E-state index in [1.807, 2.05) is 24.3 Å². The van der Waals surface area contributed by atoms with Gasteiger partial charge in [0.05, 0.1) is 19.6 Å². The first-order chi connectivity index (χ1) is 12.1. The summed E-state index contributed by atoms with van der Waals surface area (Å²) in [6.07, 6.45) is 1.01. The molecular formula is C17H24BNO6. The van der Waals surface area contributed by atoms with Crippen molar-refractivity contribution < 1.29 is 28.4 Å². The fraction of sp³-hybridized carbons (Fsp3) is 0.529. The van der Waals surface area contributed by atoms with Crippen LogP contribution in [-0.4, -0.2) is 59.6 Å². The Kier molecular flexibility index (Phi) is 7.42. The molecule has 0 spiro atoms. The first kappa shape index (κ1) is 19.4. The lowest BCUT2D eigenvalue weighted by molar-refractivity contribution is -0.145. The maximum absolute atomic E-state index is 12.3. The molecule has 1 fully saturated rings. The van der Waals surface area contributed by atoms with E-state index in [9.17, 15) is 9.59 Å². The third-order valence-corrected chi connectivity index (χ3v) is 4.22. The summed E-state index contributed by atoms with van der Waals surface area (Å²) in [5.74, 6) is -0.856. The number of carbonyl (C=O) groups is 2. The van der Waals surface area contributed by atoms with E-state index in [0.717, 1.165) is 11.0 Å². The summed E-state index contributed by atoms with van der Waals surface area (Å²) in [7, 11) is 4.01. The van der Waals surface area contributed by atoms with E-state index in [-0.39, 0.29) is 11.8 Å². The summed E-state index contributed by atoms with van der Waals surface area (Å²) in [6, 6.07) is 6.76. The molecule has 7 nitrogen and oxygen atoms in total. The van der Waals surface area contributed by atoms with Crippen LogP contribution in [0.2, 0.25) is 0 Å². The van der Waals surface area contributed by atoms with Gasteiger partial charge in [0.2, 0.25) is 5.91 Å². The average molecular weight is 349 g/mol. The van der Waals surface area contributed by atoms with Gasteiger partial charge < -0.3 is 24.1 Å². The van der Waals surface area contributed by atoms with Crippen LogP contribution in [0.25, 0.3) is 0 Å². The van der Waals surface area contributed by atoms with Crippen LogP contribution in [0.4, 0.5) is 0 Å². The topological polar surface area (TPSA) is 83.1 Å². The second-order valence-corrected chi connectivity index (χ2v) is 5.89. The molecule has 136 valence electrons. The molecule has 0 radical (unpaired) electrons. The lowest BCUT2D eigenvalue weighted by atomic mass is 9.78. The summed E-state index contributed by atoms with van der Waals surface area (Å²) >= 11 is 0. The largest absolute Gasteiger partial charge is 0.493 e. The van der Waals surface area contributed by atoms with Crippen LogP contribution in [-0.2, 0) is 34.8 Å². The van der Waals surface area contributed by atoms with Crippen LogP contribution in [0.1, 0.15) is 12.0 Å². The lowest BCUT2D eigenvalue weighted by Crippen LogP contribution is -2.45. The molecule has 2 atom stereocenters. The molecule has 1 aromatic carbocycles. The van der Waals surface area contributed by atoms with Crippen LogP contribution >= 0.6 is 0 Å². The van der Waals surface area contributed by atoms with Gasteiger partial charge in [-0.15, -0.1) is 0 Å². The lowest BCUT2D eigenvalue weighted by Gasteiger charge is -2.19. The molecule has 0 bridgehead atoms. The van der Waals surface area contributed by atoms with Crippen LogP contribution < -0.4 is 10.8 Å². The highest BCUT2D eigenvalue weighted by molar-refractivity contribution is 6.61. The van der Waals surface area contributed by atoms with Crippen LogP contribution in [0.3, 0.4) is 0 Å². The van der Waals surface area contributed by atoms with Crippen LogP contribution in [0, 0.1) is 5.92 Å². The van der Waals surface area contributed by atoms with E-state index in [2.05, 4.69) is 5.32 Å². The van der Waals surface area contributed by atoms with Crippen molar-refractivity contribution in [3.8, 4) is 0 Å². The zero-order valence-corrected chi connectivity index (χ0v) is 14.8. The second-order valence-electron chi connectivity index (χ2n) is 5.89. The van der Waals surface area contributed by atoms with Gasteiger partial charge in [-0.1, -0.05) is 24.3 Å². The predicted octanol–water partition coefficient (Wildman–Crippen LogP) is -0.0886. The van der Waals surface area contributed by atoms with E-state index in [1.54, 1.807) is 14.2 Å². The van der Waals surface area contributed by atoms with Gasteiger partial charge in [-0.25, -0.2) is 4.79 Å². The molecule has 1 aliphatic heterocycles. The summed E-state index contributed by atoms with van der Waals surface area (Å²) in [4.78, 5) is 24.3. The van der Waals surface area contributed by atoms with Gasteiger partial charge >= 0.3 is 13.1 Å². The summed E-state index contributed by atoms with van der Waals surface area (Å²) in [5, 5.41) is 2.77. The summed E-state index contributed by atoms with van der Waals surface area (Å²) in [6.45, 7) is 0.965. The van der Waals surface area contributed by atoms with Crippen molar-refractivity contribution in [1.29, 1.82) is 0 Å². The fourth-order valence-corrected chi connectivity index (χ4v) is 2.78. The van der Waals surface area contributed by atoms with E-state index < -0.39 is 19.1 Å². The van der Waals surface area contributed by atoms with Crippen LogP contribution in [0.5, 0.6) is 0 Å². The van der Waals surface area contributed by atoms with E-state index >= 15 is 0 Å².